The van der Waals surface area contributed by atoms with E-state index in [0.29, 0.717) is 10.8 Å². The molecule has 3 rings (SSSR count). The summed E-state index contributed by atoms with van der Waals surface area (Å²) in [5.41, 5.74) is 3.11. The molecule has 2 fully saturated rings. The Morgan fingerprint density at radius 3 is 2.67 bits per heavy atom. The van der Waals surface area contributed by atoms with Crippen LogP contribution in [0.15, 0.2) is 11.6 Å². The molecule has 2 aliphatic carbocycles. The summed E-state index contributed by atoms with van der Waals surface area (Å²) in [6.45, 7) is 2.35. The molecule has 0 N–H and O–H groups in total. The first-order valence-corrected chi connectivity index (χ1v) is 7.65. The third-order valence-electron chi connectivity index (χ3n) is 5.15. The molecule has 3 aliphatic rings. The standard InChI is InChI=1S/C14H22S/c1-12-5-8-13-6-3-2-4-7-14(13,9-12)11-15-10-13/h5H,2-4,6-11H2,1H3/t13-,14-/m0/s1. The van der Waals surface area contributed by atoms with Gasteiger partial charge in [-0.25, -0.2) is 0 Å². The van der Waals surface area contributed by atoms with Gasteiger partial charge in [-0.2, -0.15) is 11.8 Å². The molecule has 15 heavy (non-hydrogen) atoms. The Bertz CT molecular complexity index is 294. The average Bonchev–Trinajstić information content (AvgIpc) is 2.47. The lowest BCUT2D eigenvalue weighted by Gasteiger charge is -2.47. The van der Waals surface area contributed by atoms with Gasteiger partial charge >= 0.3 is 0 Å². The van der Waals surface area contributed by atoms with Crippen LogP contribution in [0.4, 0.5) is 0 Å². The van der Waals surface area contributed by atoms with Crippen molar-refractivity contribution in [3.63, 3.8) is 0 Å². The van der Waals surface area contributed by atoms with E-state index in [2.05, 4.69) is 24.8 Å². The topological polar surface area (TPSA) is 0 Å². The van der Waals surface area contributed by atoms with Crippen LogP contribution in [0.2, 0.25) is 0 Å². The fourth-order valence-corrected chi connectivity index (χ4v) is 6.21. The fraction of sp³-hybridized carbons (Fsp3) is 0.857. The summed E-state index contributed by atoms with van der Waals surface area (Å²) in [7, 11) is 0. The van der Waals surface area contributed by atoms with E-state index in [0.717, 1.165) is 0 Å². The molecule has 0 aromatic carbocycles. The number of hydrogen-bond acceptors (Lipinski definition) is 1. The summed E-state index contributed by atoms with van der Waals surface area (Å²) in [6.07, 6.45) is 12.9. The molecule has 0 bridgehead atoms. The minimum Gasteiger partial charge on any atom is -0.161 e. The van der Waals surface area contributed by atoms with E-state index < -0.39 is 0 Å². The molecule has 1 heterocycles. The zero-order valence-corrected chi connectivity index (χ0v) is 10.7. The van der Waals surface area contributed by atoms with E-state index in [1.165, 1.54) is 56.5 Å². The monoisotopic (exact) mass is 222 g/mol. The van der Waals surface area contributed by atoms with Gasteiger partial charge in [0.05, 0.1) is 0 Å². The molecule has 2 atom stereocenters. The van der Waals surface area contributed by atoms with E-state index in [-0.39, 0.29) is 0 Å². The third kappa shape index (κ3) is 1.42. The van der Waals surface area contributed by atoms with Crippen LogP contribution in [0.1, 0.15) is 51.9 Å². The van der Waals surface area contributed by atoms with Crippen LogP contribution < -0.4 is 0 Å². The third-order valence-corrected chi connectivity index (χ3v) is 6.66. The molecule has 0 spiro atoms. The first kappa shape index (κ1) is 10.3. The van der Waals surface area contributed by atoms with E-state index in [4.69, 9.17) is 0 Å². The Kier molecular flexibility index (Phi) is 2.43. The predicted octanol–water partition coefficient (Wildman–Crippen LogP) is 4.41. The van der Waals surface area contributed by atoms with Crippen molar-refractivity contribution in [1.82, 2.24) is 0 Å². The highest BCUT2D eigenvalue weighted by Gasteiger charge is 2.55. The van der Waals surface area contributed by atoms with Gasteiger partial charge in [-0.05, 0) is 54.9 Å². The smallest absolute Gasteiger partial charge is 0.000179 e. The molecule has 0 nitrogen and oxygen atoms in total. The minimum absolute atomic E-state index is 0.715. The molecule has 1 saturated heterocycles. The van der Waals surface area contributed by atoms with E-state index in [1.807, 2.05) is 0 Å². The highest BCUT2D eigenvalue weighted by Crippen LogP contribution is 2.63. The van der Waals surface area contributed by atoms with Crippen LogP contribution in [0.5, 0.6) is 0 Å². The van der Waals surface area contributed by atoms with Crippen LogP contribution in [0.3, 0.4) is 0 Å². The molecule has 0 radical (unpaired) electrons. The van der Waals surface area contributed by atoms with Crippen LogP contribution in [-0.4, -0.2) is 11.5 Å². The molecule has 1 saturated carbocycles. The van der Waals surface area contributed by atoms with Crippen molar-refractivity contribution in [2.24, 2.45) is 10.8 Å². The molecule has 84 valence electrons. The average molecular weight is 222 g/mol. The van der Waals surface area contributed by atoms with Crippen molar-refractivity contribution in [3.8, 4) is 0 Å². The van der Waals surface area contributed by atoms with Gasteiger partial charge in [0.2, 0.25) is 0 Å². The highest BCUT2D eigenvalue weighted by atomic mass is 32.2. The Balaban J connectivity index is 2.00. The van der Waals surface area contributed by atoms with Crippen LogP contribution >= 0.6 is 11.8 Å². The first-order valence-electron chi connectivity index (χ1n) is 6.50. The SMILES string of the molecule is CC1=CC[C@]23CCCCC[C@@]2(CSC3)C1. The maximum Gasteiger partial charge on any atom is -0.000179 e. The zero-order chi connectivity index (χ0) is 10.4. The number of hydrogen-bond donors (Lipinski definition) is 0. The lowest BCUT2D eigenvalue weighted by molar-refractivity contribution is 0.0741. The lowest BCUT2D eigenvalue weighted by Crippen LogP contribution is -2.42. The van der Waals surface area contributed by atoms with Gasteiger partial charge in [0.25, 0.3) is 0 Å². The maximum atomic E-state index is 2.55. The fourth-order valence-electron chi connectivity index (χ4n) is 4.21. The van der Waals surface area contributed by atoms with Gasteiger partial charge in [-0.3, -0.25) is 0 Å². The summed E-state index contributed by atoms with van der Waals surface area (Å²) in [6, 6.07) is 0. The van der Waals surface area contributed by atoms with Crippen molar-refractivity contribution in [1.29, 1.82) is 0 Å². The zero-order valence-electron chi connectivity index (χ0n) is 9.85. The second-order valence-electron chi connectivity index (χ2n) is 6.05. The highest BCUT2D eigenvalue weighted by molar-refractivity contribution is 7.99. The quantitative estimate of drug-likeness (QED) is 0.547. The first-order chi connectivity index (χ1) is 7.27. The molecule has 1 aliphatic heterocycles. The number of rotatable bonds is 0. The minimum atomic E-state index is 0.715. The summed E-state index contributed by atoms with van der Waals surface area (Å²) < 4.78 is 0. The second kappa shape index (κ2) is 3.55. The normalized spacial score (nSPS) is 45.3. The van der Waals surface area contributed by atoms with Crippen molar-refractivity contribution in [2.45, 2.75) is 51.9 Å². The van der Waals surface area contributed by atoms with E-state index >= 15 is 0 Å². The second-order valence-corrected chi connectivity index (χ2v) is 7.03. The maximum absolute atomic E-state index is 2.55. The molecule has 1 heteroatoms. The Hall–Kier alpha value is 0.0900. The molecule has 0 unspecified atom stereocenters. The van der Waals surface area contributed by atoms with Gasteiger partial charge < -0.3 is 0 Å². The van der Waals surface area contributed by atoms with Crippen molar-refractivity contribution < 1.29 is 0 Å². The van der Waals surface area contributed by atoms with Crippen molar-refractivity contribution >= 4 is 11.8 Å². The number of allylic oxidation sites excluding steroid dienone is 2. The number of thioether (sulfide) groups is 1. The summed E-state index contributed by atoms with van der Waals surface area (Å²) in [5, 5.41) is 0. The molecular formula is C14H22S. The largest absolute Gasteiger partial charge is 0.161 e. The van der Waals surface area contributed by atoms with Gasteiger partial charge in [0.15, 0.2) is 0 Å². The van der Waals surface area contributed by atoms with Gasteiger partial charge in [-0.1, -0.05) is 30.9 Å². The van der Waals surface area contributed by atoms with Crippen molar-refractivity contribution in [3.05, 3.63) is 11.6 Å². The molecule has 0 aromatic rings. The van der Waals surface area contributed by atoms with Crippen LogP contribution in [-0.2, 0) is 0 Å². The molecule has 0 aromatic heterocycles. The molecule has 0 amide bonds. The van der Waals surface area contributed by atoms with Gasteiger partial charge in [-0.15, -0.1) is 0 Å². The summed E-state index contributed by atoms with van der Waals surface area (Å²) in [5.74, 6) is 2.91. The molecular weight excluding hydrogens is 200 g/mol. The Labute approximate surface area is 97.9 Å². The summed E-state index contributed by atoms with van der Waals surface area (Å²) >= 11 is 2.24. The van der Waals surface area contributed by atoms with Crippen LogP contribution in [0.25, 0.3) is 0 Å². The Morgan fingerprint density at radius 2 is 1.80 bits per heavy atom. The summed E-state index contributed by atoms with van der Waals surface area (Å²) in [4.78, 5) is 0. The van der Waals surface area contributed by atoms with E-state index in [9.17, 15) is 0 Å². The van der Waals surface area contributed by atoms with Crippen molar-refractivity contribution in [2.75, 3.05) is 11.5 Å². The van der Waals surface area contributed by atoms with Gasteiger partial charge in [0, 0.05) is 0 Å². The Morgan fingerprint density at radius 1 is 1.07 bits per heavy atom. The van der Waals surface area contributed by atoms with Gasteiger partial charge in [0.1, 0.15) is 0 Å². The van der Waals surface area contributed by atoms with Crippen LogP contribution in [0, 0.1) is 10.8 Å². The predicted molar refractivity (Wildman–Crippen MR) is 68.3 cm³/mol. The van der Waals surface area contributed by atoms with E-state index in [1.54, 1.807) is 5.57 Å². The lowest BCUT2D eigenvalue weighted by atomic mass is 9.56.